The maximum Gasteiger partial charge on any atom is 0.171 e. The van der Waals surface area contributed by atoms with Gasteiger partial charge in [-0.2, -0.15) is 0 Å². The number of aryl methyl sites for hydroxylation is 1. The number of ether oxygens (including phenoxy) is 1. The fraction of sp³-hybridized carbons (Fsp3) is 0.462. The van der Waals surface area contributed by atoms with Crippen LogP contribution in [0.15, 0.2) is 28.3 Å². The van der Waals surface area contributed by atoms with Gasteiger partial charge in [0.05, 0.1) is 6.10 Å². The first-order valence-electron chi connectivity index (χ1n) is 6.03. The van der Waals surface area contributed by atoms with E-state index in [9.17, 15) is 0 Å². The van der Waals surface area contributed by atoms with Crippen molar-refractivity contribution >= 4 is 17.6 Å². The fourth-order valence-electron chi connectivity index (χ4n) is 1.98. The van der Waals surface area contributed by atoms with Crippen LogP contribution >= 0.6 is 11.8 Å². The molecule has 1 heterocycles. The number of hydrogen-bond acceptors (Lipinski definition) is 4. The van der Waals surface area contributed by atoms with Crippen molar-refractivity contribution < 1.29 is 9.94 Å². The van der Waals surface area contributed by atoms with Gasteiger partial charge in [0.1, 0.15) is 0 Å². The molecule has 5 heteroatoms. The second-order valence-electron chi connectivity index (χ2n) is 4.43. The van der Waals surface area contributed by atoms with Crippen molar-refractivity contribution in [3.05, 3.63) is 29.3 Å². The molecule has 0 saturated carbocycles. The molecule has 1 fully saturated rings. The van der Waals surface area contributed by atoms with Crippen LogP contribution in [0.2, 0.25) is 0 Å². The van der Waals surface area contributed by atoms with Crippen LogP contribution in [0.5, 0.6) is 0 Å². The Hall–Kier alpha value is -1.20. The van der Waals surface area contributed by atoms with Crippen molar-refractivity contribution in [1.29, 1.82) is 0 Å². The third kappa shape index (κ3) is 3.17. The molecule has 4 nitrogen and oxygen atoms in total. The predicted octanol–water partition coefficient (Wildman–Crippen LogP) is 2.36. The van der Waals surface area contributed by atoms with E-state index in [-0.39, 0.29) is 5.84 Å². The van der Waals surface area contributed by atoms with E-state index in [0.29, 0.717) is 6.10 Å². The van der Waals surface area contributed by atoms with Gasteiger partial charge >= 0.3 is 0 Å². The van der Waals surface area contributed by atoms with Gasteiger partial charge in [0.2, 0.25) is 0 Å². The smallest absolute Gasteiger partial charge is 0.171 e. The van der Waals surface area contributed by atoms with Crippen molar-refractivity contribution in [3.8, 4) is 0 Å². The first-order valence-corrected chi connectivity index (χ1v) is 7.02. The molecule has 98 valence electrons. The lowest BCUT2D eigenvalue weighted by Crippen LogP contribution is -2.15. The van der Waals surface area contributed by atoms with Gasteiger partial charge in [0.15, 0.2) is 5.84 Å². The zero-order chi connectivity index (χ0) is 13.0. The van der Waals surface area contributed by atoms with Crippen LogP contribution < -0.4 is 5.73 Å². The number of benzene rings is 1. The van der Waals surface area contributed by atoms with Crippen molar-refractivity contribution in [2.24, 2.45) is 10.9 Å². The molecule has 0 radical (unpaired) electrons. The predicted molar refractivity (Wildman–Crippen MR) is 73.4 cm³/mol. The quantitative estimate of drug-likeness (QED) is 0.289. The molecule has 2 rings (SSSR count). The number of nitrogens with zero attached hydrogens (tertiary/aromatic N) is 1. The number of hydrogen-bond donors (Lipinski definition) is 2. The molecule has 0 aromatic heterocycles. The summed E-state index contributed by atoms with van der Waals surface area (Å²) in [7, 11) is 0. The second kappa shape index (κ2) is 6.11. The average molecular weight is 266 g/mol. The van der Waals surface area contributed by atoms with Crippen molar-refractivity contribution in [2.45, 2.75) is 30.8 Å². The van der Waals surface area contributed by atoms with Gasteiger partial charge in [-0.1, -0.05) is 16.8 Å². The van der Waals surface area contributed by atoms with Crippen LogP contribution in [0, 0.1) is 6.92 Å². The van der Waals surface area contributed by atoms with Crippen LogP contribution in [-0.4, -0.2) is 29.5 Å². The van der Waals surface area contributed by atoms with Gasteiger partial charge < -0.3 is 15.7 Å². The Labute approximate surface area is 111 Å². The first kappa shape index (κ1) is 13.2. The van der Waals surface area contributed by atoms with Gasteiger partial charge in [-0.05, 0) is 31.9 Å². The Balaban J connectivity index is 2.10. The molecule has 3 N–H and O–H groups in total. The van der Waals surface area contributed by atoms with E-state index in [1.165, 1.54) is 0 Å². The molecule has 1 unspecified atom stereocenters. The summed E-state index contributed by atoms with van der Waals surface area (Å²) in [5, 5.41) is 11.9. The van der Waals surface area contributed by atoms with Crippen molar-refractivity contribution in [2.75, 3.05) is 12.4 Å². The number of rotatable bonds is 4. The molecule has 0 aliphatic carbocycles. The van der Waals surface area contributed by atoms with Gasteiger partial charge in [-0.15, -0.1) is 11.8 Å². The minimum absolute atomic E-state index is 0.161. The summed E-state index contributed by atoms with van der Waals surface area (Å²) in [5.74, 6) is 1.07. The van der Waals surface area contributed by atoms with Crippen LogP contribution in [0.1, 0.15) is 24.0 Å². The van der Waals surface area contributed by atoms with E-state index < -0.39 is 0 Å². The largest absolute Gasteiger partial charge is 0.409 e. The number of thioether (sulfide) groups is 1. The standard InChI is InChI=1S/C13H18N2O2S/c1-9-4-5-12(11(7-9)13(14)15-16)18-8-10-3-2-6-17-10/h4-5,7,10,16H,2-3,6,8H2,1H3,(H2,14,15). The molecule has 0 bridgehead atoms. The maximum absolute atomic E-state index is 8.81. The van der Waals surface area contributed by atoms with E-state index in [0.717, 1.165) is 41.2 Å². The molecule has 1 aliphatic rings. The second-order valence-corrected chi connectivity index (χ2v) is 5.49. The normalized spacial score (nSPS) is 20.3. The SMILES string of the molecule is Cc1ccc(SCC2CCCO2)c(/C(N)=N/O)c1. The van der Waals surface area contributed by atoms with Gasteiger partial charge in [-0.25, -0.2) is 0 Å². The minimum Gasteiger partial charge on any atom is -0.409 e. The minimum atomic E-state index is 0.161. The first-order chi connectivity index (χ1) is 8.70. The zero-order valence-corrected chi connectivity index (χ0v) is 11.2. The lowest BCUT2D eigenvalue weighted by molar-refractivity contribution is 0.129. The van der Waals surface area contributed by atoms with Crippen molar-refractivity contribution in [3.63, 3.8) is 0 Å². The topological polar surface area (TPSA) is 67.8 Å². The summed E-state index contributed by atoms with van der Waals surface area (Å²) >= 11 is 1.70. The van der Waals surface area contributed by atoms with Crippen LogP contribution in [0.4, 0.5) is 0 Å². The van der Waals surface area contributed by atoms with Crippen LogP contribution in [-0.2, 0) is 4.74 Å². The number of oxime groups is 1. The maximum atomic E-state index is 8.81. The van der Waals surface area contributed by atoms with E-state index in [1.54, 1.807) is 11.8 Å². The van der Waals surface area contributed by atoms with E-state index >= 15 is 0 Å². The fourth-order valence-corrected chi connectivity index (χ4v) is 3.09. The Morgan fingerprint density at radius 1 is 1.61 bits per heavy atom. The highest BCUT2D eigenvalue weighted by atomic mass is 32.2. The number of nitrogens with two attached hydrogens (primary N) is 1. The molecule has 0 amide bonds. The summed E-state index contributed by atoms with van der Waals surface area (Å²) < 4.78 is 5.59. The van der Waals surface area contributed by atoms with Gasteiger partial charge in [-0.3, -0.25) is 0 Å². The Kier molecular flexibility index (Phi) is 4.49. The van der Waals surface area contributed by atoms with Gasteiger partial charge in [0.25, 0.3) is 0 Å². The van der Waals surface area contributed by atoms with Crippen molar-refractivity contribution in [1.82, 2.24) is 0 Å². The summed E-state index contributed by atoms with van der Waals surface area (Å²) in [6.07, 6.45) is 2.60. The van der Waals surface area contributed by atoms with Crippen LogP contribution in [0.25, 0.3) is 0 Å². The molecule has 1 aliphatic heterocycles. The third-order valence-electron chi connectivity index (χ3n) is 2.97. The van der Waals surface area contributed by atoms with E-state index in [2.05, 4.69) is 5.16 Å². The van der Waals surface area contributed by atoms with Gasteiger partial charge in [0, 0.05) is 22.8 Å². The molecular weight excluding hydrogens is 248 g/mol. The molecule has 0 spiro atoms. The van der Waals surface area contributed by atoms with E-state index in [4.69, 9.17) is 15.7 Å². The summed E-state index contributed by atoms with van der Waals surface area (Å²) in [6.45, 7) is 2.86. The highest BCUT2D eigenvalue weighted by Gasteiger charge is 2.17. The third-order valence-corrected chi connectivity index (χ3v) is 4.17. The molecule has 1 aromatic rings. The summed E-state index contributed by atoms with van der Waals surface area (Å²) in [4.78, 5) is 1.03. The van der Waals surface area contributed by atoms with Crippen LogP contribution in [0.3, 0.4) is 0 Å². The molecule has 18 heavy (non-hydrogen) atoms. The van der Waals surface area contributed by atoms with E-state index in [1.807, 2.05) is 25.1 Å². The highest BCUT2D eigenvalue weighted by Crippen LogP contribution is 2.27. The summed E-state index contributed by atoms with van der Waals surface area (Å²) in [5.41, 5.74) is 7.59. The Morgan fingerprint density at radius 3 is 3.11 bits per heavy atom. The monoisotopic (exact) mass is 266 g/mol. The highest BCUT2D eigenvalue weighted by molar-refractivity contribution is 7.99. The lowest BCUT2D eigenvalue weighted by atomic mass is 10.1. The molecule has 1 saturated heterocycles. The lowest BCUT2D eigenvalue weighted by Gasteiger charge is -2.12. The average Bonchev–Trinajstić information content (AvgIpc) is 2.89. The molecular formula is C13H18N2O2S. The number of amidine groups is 1. The Bertz CT molecular complexity index is 443. The molecule has 1 aromatic carbocycles. The summed E-state index contributed by atoms with van der Waals surface area (Å²) in [6, 6.07) is 5.99. The zero-order valence-electron chi connectivity index (χ0n) is 10.4. The molecule has 1 atom stereocenters. The Morgan fingerprint density at radius 2 is 2.44 bits per heavy atom.